The number of benzene rings is 2. The van der Waals surface area contributed by atoms with Crippen LogP contribution in [0, 0.1) is 12.7 Å². The molecule has 0 unspecified atom stereocenters. The van der Waals surface area contributed by atoms with E-state index in [0.29, 0.717) is 17.9 Å². The fourth-order valence-corrected chi connectivity index (χ4v) is 1.96. The Kier molecular flexibility index (Phi) is 4.53. The molecule has 0 spiro atoms. The summed E-state index contributed by atoms with van der Waals surface area (Å²) in [6.07, 6.45) is 0. The summed E-state index contributed by atoms with van der Waals surface area (Å²) >= 11 is 0. The highest BCUT2D eigenvalue weighted by Crippen LogP contribution is 2.16. The topological polar surface area (TPSA) is 21.3 Å². The smallest absolute Gasteiger partial charge is 0.131 e. The molecule has 0 radical (unpaired) electrons. The molecule has 0 aliphatic rings. The summed E-state index contributed by atoms with van der Waals surface area (Å²) in [6, 6.07) is 13.2. The third-order valence-corrected chi connectivity index (χ3v) is 2.99. The van der Waals surface area contributed by atoms with E-state index in [4.69, 9.17) is 4.74 Å². The van der Waals surface area contributed by atoms with Gasteiger partial charge in [0.2, 0.25) is 0 Å². The predicted molar refractivity (Wildman–Crippen MR) is 74.7 cm³/mol. The van der Waals surface area contributed by atoms with Crippen molar-refractivity contribution in [3.63, 3.8) is 0 Å². The average molecular weight is 259 g/mol. The second-order valence-electron chi connectivity index (χ2n) is 4.55. The van der Waals surface area contributed by atoms with E-state index in [1.54, 1.807) is 12.1 Å². The molecule has 2 nitrogen and oxygen atoms in total. The highest BCUT2D eigenvalue weighted by atomic mass is 19.1. The Morgan fingerprint density at radius 1 is 1.11 bits per heavy atom. The number of ether oxygens (including phenoxy) is 1. The van der Waals surface area contributed by atoms with Gasteiger partial charge in [0.1, 0.15) is 11.6 Å². The van der Waals surface area contributed by atoms with Crippen molar-refractivity contribution < 1.29 is 9.13 Å². The summed E-state index contributed by atoms with van der Waals surface area (Å²) in [7, 11) is 1.53. The van der Waals surface area contributed by atoms with Crippen LogP contribution in [-0.2, 0) is 13.1 Å². The van der Waals surface area contributed by atoms with Crippen LogP contribution in [0.25, 0.3) is 0 Å². The summed E-state index contributed by atoms with van der Waals surface area (Å²) in [6.45, 7) is 3.30. The molecule has 0 aliphatic heterocycles. The third-order valence-electron chi connectivity index (χ3n) is 2.99. The maximum absolute atomic E-state index is 13.7. The maximum atomic E-state index is 13.7. The quantitative estimate of drug-likeness (QED) is 0.888. The molecule has 0 amide bonds. The molecule has 1 N–H and O–H groups in total. The first kappa shape index (κ1) is 13.6. The van der Waals surface area contributed by atoms with Crippen LogP contribution >= 0.6 is 0 Å². The zero-order valence-corrected chi connectivity index (χ0v) is 11.2. The Balaban J connectivity index is 1.92. The minimum Gasteiger partial charge on any atom is -0.497 e. The van der Waals surface area contributed by atoms with Crippen LogP contribution in [0.1, 0.15) is 16.7 Å². The van der Waals surface area contributed by atoms with Crippen LogP contribution < -0.4 is 10.1 Å². The van der Waals surface area contributed by atoms with Crippen LogP contribution in [-0.4, -0.2) is 7.11 Å². The molecule has 100 valence electrons. The largest absolute Gasteiger partial charge is 0.497 e. The molecule has 0 atom stereocenters. The molecule has 3 heteroatoms. The van der Waals surface area contributed by atoms with Crippen LogP contribution in [0.3, 0.4) is 0 Å². The maximum Gasteiger partial charge on any atom is 0.131 e. The lowest BCUT2D eigenvalue weighted by Crippen LogP contribution is -2.13. The van der Waals surface area contributed by atoms with Crippen molar-refractivity contribution in [3.8, 4) is 5.75 Å². The van der Waals surface area contributed by atoms with Crippen molar-refractivity contribution in [1.82, 2.24) is 5.32 Å². The number of nitrogens with one attached hydrogen (secondary N) is 1. The van der Waals surface area contributed by atoms with Gasteiger partial charge in [0.15, 0.2) is 0 Å². The lowest BCUT2D eigenvalue weighted by atomic mass is 10.1. The van der Waals surface area contributed by atoms with Gasteiger partial charge in [-0.05, 0) is 18.6 Å². The Bertz CT molecular complexity index is 554. The fourth-order valence-electron chi connectivity index (χ4n) is 1.96. The molecule has 0 heterocycles. The number of hydrogen-bond acceptors (Lipinski definition) is 2. The van der Waals surface area contributed by atoms with Gasteiger partial charge in [-0.25, -0.2) is 4.39 Å². The van der Waals surface area contributed by atoms with E-state index >= 15 is 0 Å². The number of aryl methyl sites for hydroxylation is 1. The van der Waals surface area contributed by atoms with Crippen LogP contribution in [0.2, 0.25) is 0 Å². The summed E-state index contributed by atoms with van der Waals surface area (Å²) in [5.41, 5.74) is 3.08. The molecule has 2 aromatic rings. The second kappa shape index (κ2) is 6.34. The first-order chi connectivity index (χ1) is 9.19. The first-order valence-corrected chi connectivity index (χ1v) is 6.27. The Morgan fingerprint density at radius 2 is 1.95 bits per heavy atom. The molecular weight excluding hydrogens is 241 g/mol. The molecule has 2 aromatic carbocycles. The van der Waals surface area contributed by atoms with Gasteiger partial charge in [-0.1, -0.05) is 35.9 Å². The molecule has 2 rings (SSSR count). The highest BCUT2D eigenvalue weighted by Gasteiger charge is 2.03. The second-order valence-corrected chi connectivity index (χ2v) is 4.55. The zero-order chi connectivity index (χ0) is 13.7. The lowest BCUT2D eigenvalue weighted by Gasteiger charge is -2.08. The van der Waals surface area contributed by atoms with Gasteiger partial charge >= 0.3 is 0 Å². The third kappa shape index (κ3) is 3.80. The standard InChI is InChI=1S/C16H18FNO/c1-12-4-3-5-13(8-12)10-18-11-14-6-7-15(19-2)9-16(14)17/h3-9,18H,10-11H2,1-2H3. The molecule has 0 aromatic heterocycles. The number of hydrogen-bond donors (Lipinski definition) is 1. The molecular formula is C16H18FNO. The van der Waals surface area contributed by atoms with Gasteiger partial charge < -0.3 is 10.1 Å². The van der Waals surface area contributed by atoms with E-state index in [1.165, 1.54) is 24.3 Å². The van der Waals surface area contributed by atoms with Crippen LogP contribution in [0.5, 0.6) is 5.75 Å². The van der Waals surface area contributed by atoms with Gasteiger partial charge in [-0.3, -0.25) is 0 Å². The number of methoxy groups -OCH3 is 1. The molecule has 0 bridgehead atoms. The minimum absolute atomic E-state index is 0.240. The molecule has 0 aliphatic carbocycles. The van der Waals surface area contributed by atoms with Crippen molar-refractivity contribution in [3.05, 3.63) is 65.0 Å². The molecule has 0 saturated heterocycles. The number of rotatable bonds is 5. The van der Waals surface area contributed by atoms with Crippen molar-refractivity contribution >= 4 is 0 Å². The van der Waals surface area contributed by atoms with Gasteiger partial charge in [-0.2, -0.15) is 0 Å². The van der Waals surface area contributed by atoms with E-state index < -0.39 is 0 Å². The summed E-state index contributed by atoms with van der Waals surface area (Å²) in [5, 5.41) is 3.24. The summed E-state index contributed by atoms with van der Waals surface area (Å²) in [4.78, 5) is 0. The zero-order valence-electron chi connectivity index (χ0n) is 11.2. The van der Waals surface area contributed by atoms with Gasteiger partial charge in [0, 0.05) is 24.7 Å². The summed E-state index contributed by atoms with van der Waals surface area (Å²) in [5.74, 6) is 0.302. The summed E-state index contributed by atoms with van der Waals surface area (Å²) < 4.78 is 18.7. The van der Waals surface area contributed by atoms with E-state index in [-0.39, 0.29) is 5.82 Å². The first-order valence-electron chi connectivity index (χ1n) is 6.27. The van der Waals surface area contributed by atoms with Crippen molar-refractivity contribution in [2.75, 3.05) is 7.11 Å². The lowest BCUT2D eigenvalue weighted by molar-refractivity contribution is 0.410. The Morgan fingerprint density at radius 3 is 2.63 bits per heavy atom. The SMILES string of the molecule is COc1ccc(CNCc2cccc(C)c2)c(F)c1. The predicted octanol–water partition coefficient (Wildman–Crippen LogP) is 3.43. The van der Waals surface area contributed by atoms with Gasteiger partial charge in [-0.15, -0.1) is 0 Å². The minimum atomic E-state index is -0.240. The highest BCUT2D eigenvalue weighted by molar-refractivity contribution is 5.29. The van der Waals surface area contributed by atoms with Gasteiger partial charge in [0.25, 0.3) is 0 Å². The van der Waals surface area contributed by atoms with E-state index in [1.807, 2.05) is 6.07 Å². The van der Waals surface area contributed by atoms with Gasteiger partial charge in [0.05, 0.1) is 7.11 Å². The Hall–Kier alpha value is -1.87. The average Bonchev–Trinajstić information content (AvgIpc) is 2.40. The monoisotopic (exact) mass is 259 g/mol. The van der Waals surface area contributed by atoms with E-state index in [9.17, 15) is 4.39 Å². The van der Waals surface area contributed by atoms with Crippen LogP contribution in [0.4, 0.5) is 4.39 Å². The van der Waals surface area contributed by atoms with Crippen molar-refractivity contribution in [1.29, 1.82) is 0 Å². The molecule has 0 fully saturated rings. The Labute approximate surface area is 113 Å². The fraction of sp³-hybridized carbons (Fsp3) is 0.250. The van der Waals surface area contributed by atoms with Crippen LogP contribution in [0.15, 0.2) is 42.5 Å². The van der Waals surface area contributed by atoms with E-state index in [2.05, 4.69) is 30.4 Å². The van der Waals surface area contributed by atoms with Crippen molar-refractivity contribution in [2.45, 2.75) is 20.0 Å². The molecule has 0 saturated carbocycles. The normalized spacial score (nSPS) is 10.5. The van der Waals surface area contributed by atoms with E-state index in [0.717, 1.165) is 6.54 Å². The molecule has 19 heavy (non-hydrogen) atoms. The number of halogens is 1. The van der Waals surface area contributed by atoms with Crippen molar-refractivity contribution in [2.24, 2.45) is 0 Å².